The molecule has 144 valence electrons. The zero-order chi connectivity index (χ0) is 18.8. The van der Waals surface area contributed by atoms with Crippen LogP contribution in [0.5, 0.6) is 0 Å². The molecule has 0 N–H and O–H groups in total. The molecule has 0 saturated carbocycles. The Morgan fingerprint density at radius 3 is 2.85 bits per heavy atom. The molecule has 1 aromatic carbocycles. The van der Waals surface area contributed by atoms with Crippen molar-refractivity contribution in [1.82, 2.24) is 24.5 Å². The highest BCUT2D eigenvalue weighted by molar-refractivity contribution is 5.77. The van der Waals surface area contributed by atoms with Crippen molar-refractivity contribution in [3.63, 3.8) is 0 Å². The Morgan fingerprint density at radius 2 is 2.07 bits per heavy atom. The molecule has 2 aromatic rings. The molecule has 1 amide bonds. The third kappa shape index (κ3) is 4.22. The van der Waals surface area contributed by atoms with E-state index in [4.69, 9.17) is 0 Å². The Morgan fingerprint density at radius 1 is 1.19 bits per heavy atom. The summed E-state index contributed by atoms with van der Waals surface area (Å²) in [5, 5.41) is 4.34. The standard InChI is InChI=1S/C21H29N5O/c1-23(2)21(27)16-24-12-18-7-8-20(15-24)25(14-18)13-17-5-3-6-19(11-17)26-10-4-9-22-26/h3-6,9-11,18,20H,7-8,12-16H2,1-2H3/t18-,20+/m1/s1. The van der Waals surface area contributed by atoms with E-state index in [1.54, 1.807) is 4.90 Å². The molecule has 3 aliphatic rings. The summed E-state index contributed by atoms with van der Waals surface area (Å²) < 4.78 is 1.91. The summed E-state index contributed by atoms with van der Waals surface area (Å²) in [6.45, 7) is 4.67. The maximum absolute atomic E-state index is 12.1. The molecule has 5 rings (SSSR count). The smallest absolute Gasteiger partial charge is 0.236 e. The average Bonchev–Trinajstić information content (AvgIpc) is 3.06. The van der Waals surface area contributed by atoms with Gasteiger partial charge >= 0.3 is 0 Å². The van der Waals surface area contributed by atoms with E-state index >= 15 is 0 Å². The number of hydrogen-bond acceptors (Lipinski definition) is 4. The minimum Gasteiger partial charge on any atom is -0.348 e. The van der Waals surface area contributed by atoms with Crippen molar-refractivity contribution in [2.75, 3.05) is 40.3 Å². The van der Waals surface area contributed by atoms with Crippen molar-refractivity contribution in [2.24, 2.45) is 5.92 Å². The summed E-state index contributed by atoms with van der Waals surface area (Å²) >= 11 is 0. The highest BCUT2D eigenvalue weighted by Crippen LogP contribution is 2.29. The second-order valence-corrected chi connectivity index (χ2v) is 8.13. The van der Waals surface area contributed by atoms with Crippen LogP contribution in [0.3, 0.4) is 0 Å². The lowest BCUT2D eigenvalue weighted by Crippen LogP contribution is -2.44. The lowest BCUT2D eigenvalue weighted by Gasteiger charge is -2.36. The van der Waals surface area contributed by atoms with Crippen molar-refractivity contribution >= 4 is 5.91 Å². The highest BCUT2D eigenvalue weighted by atomic mass is 16.2. The van der Waals surface area contributed by atoms with Gasteiger partial charge in [-0.05, 0) is 42.5 Å². The molecule has 0 unspecified atom stereocenters. The van der Waals surface area contributed by atoms with Crippen molar-refractivity contribution < 1.29 is 4.79 Å². The maximum atomic E-state index is 12.1. The molecule has 6 heteroatoms. The molecule has 27 heavy (non-hydrogen) atoms. The molecule has 0 radical (unpaired) electrons. The van der Waals surface area contributed by atoms with Gasteiger partial charge in [0.1, 0.15) is 0 Å². The lowest BCUT2D eigenvalue weighted by molar-refractivity contribution is -0.130. The molecule has 2 atom stereocenters. The molecule has 3 saturated heterocycles. The van der Waals surface area contributed by atoms with Crippen LogP contribution in [0.15, 0.2) is 42.7 Å². The van der Waals surface area contributed by atoms with Gasteiger partial charge in [0.15, 0.2) is 0 Å². The van der Waals surface area contributed by atoms with E-state index < -0.39 is 0 Å². The van der Waals surface area contributed by atoms with Crippen LogP contribution >= 0.6 is 0 Å². The first-order chi connectivity index (χ1) is 13.1. The van der Waals surface area contributed by atoms with E-state index in [1.165, 1.54) is 18.4 Å². The van der Waals surface area contributed by atoms with Crippen molar-refractivity contribution in [3.8, 4) is 5.69 Å². The summed E-state index contributed by atoms with van der Waals surface area (Å²) in [5.41, 5.74) is 2.43. The number of benzene rings is 1. The maximum Gasteiger partial charge on any atom is 0.236 e. The van der Waals surface area contributed by atoms with E-state index in [2.05, 4.69) is 39.2 Å². The van der Waals surface area contributed by atoms with Gasteiger partial charge in [-0.25, -0.2) is 4.68 Å². The molecular weight excluding hydrogens is 338 g/mol. The van der Waals surface area contributed by atoms with Crippen LogP contribution in [0.2, 0.25) is 0 Å². The number of hydrogen-bond donors (Lipinski definition) is 0. The van der Waals surface area contributed by atoms with Gasteiger partial charge in [0, 0.05) is 58.7 Å². The van der Waals surface area contributed by atoms with Crippen LogP contribution in [-0.4, -0.2) is 76.7 Å². The first kappa shape index (κ1) is 18.2. The SMILES string of the molecule is CN(C)C(=O)CN1C[C@H]2CC[C@@H](C1)N(Cc1cccc(-n3cccn3)c1)C2. The number of likely N-dealkylation sites (N-methyl/N-ethyl adjacent to an activating group) is 1. The Bertz CT molecular complexity index is 773. The number of carbonyl (C=O) groups is 1. The highest BCUT2D eigenvalue weighted by Gasteiger charge is 2.35. The average molecular weight is 367 g/mol. The van der Waals surface area contributed by atoms with Crippen molar-refractivity contribution in [2.45, 2.75) is 25.4 Å². The minimum atomic E-state index is 0.203. The molecule has 0 spiro atoms. The predicted octanol–water partition coefficient (Wildman–Crippen LogP) is 1.86. The fourth-order valence-corrected chi connectivity index (χ4v) is 4.39. The van der Waals surface area contributed by atoms with Crippen LogP contribution in [-0.2, 0) is 11.3 Å². The lowest BCUT2D eigenvalue weighted by atomic mass is 9.94. The molecule has 0 aliphatic carbocycles. The zero-order valence-electron chi connectivity index (χ0n) is 16.3. The zero-order valence-corrected chi connectivity index (χ0v) is 16.3. The number of rotatable bonds is 5. The molecule has 3 aliphatic heterocycles. The van der Waals surface area contributed by atoms with Gasteiger partial charge in [0.2, 0.25) is 5.91 Å². The number of aromatic nitrogens is 2. The van der Waals surface area contributed by atoms with Gasteiger partial charge in [-0.3, -0.25) is 14.6 Å². The minimum absolute atomic E-state index is 0.203. The quantitative estimate of drug-likeness (QED) is 0.809. The Balaban J connectivity index is 1.45. The second kappa shape index (κ2) is 7.82. The van der Waals surface area contributed by atoms with E-state index in [0.717, 1.165) is 31.9 Å². The fourth-order valence-electron chi connectivity index (χ4n) is 4.39. The summed E-state index contributed by atoms with van der Waals surface area (Å²) in [5.74, 6) is 0.864. The van der Waals surface area contributed by atoms with Crippen LogP contribution in [0, 0.1) is 5.92 Å². The summed E-state index contributed by atoms with van der Waals surface area (Å²) in [7, 11) is 3.68. The number of nitrogens with zero attached hydrogens (tertiary/aromatic N) is 5. The number of amides is 1. The van der Waals surface area contributed by atoms with Crippen LogP contribution in [0.4, 0.5) is 0 Å². The topological polar surface area (TPSA) is 44.6 Å². The normalized spacial score (nSPS) is 23.3. The number of carbonyl (C=O) groups excluding carboxylic acids is 1. The Kier molecular flexibility index (Phi) is 5.27. The van der Waals surface area contributed by atoms with Gasteiger partial charge in [0.05, 0.1) is 12.2 Å². The van der Waals surface area contributed by atoms with E-state index in [9.17, 15) is 4.79 Å². The summed E-state index contributed by atoms with van der Waals surface area (Å²) in [6.07, 6.45) is 6.30. The van der Waals surface area contributed by atoms with Crippen molar-refractivity contribution in [1.29, 1.82) is 0 Å². The first-order valence-electron chi connectivity index (χ1n) is 9.84. The molecule has 3 fully saturated rings. The Labute approximate surface area is 161 Å². The van der Waals surface area contributed by atoms with Gasteiger partial charge in [-0.2, -0.15) is 5.10 Å². The largest absolute Gasteiger partial charge is 0.348 e. The second-order valence-electron chi connectivity index (χ2n) is 8.13. The third-order valence-electron chi connectivity index (χ3n) is 5.83. The van der Waals surface area contributed by atoms with Crippen LogP contribution in [0.25, 0.3) is 5.69 Å². The number of fused-ring (bicyclic) bond motifs is 4. The third-order valence-corrected chi connectivity index (χ3v) is 5.83. The van der Waals surface area contributed by atoms with Gasteiger partial charge in [0.25, 0.3) is 0 Å². The van der Waals surface area contributed by atoms with E-state index in [1.807, 2.05) is 37.2 Å². The molecule has 2 bridgehead atoms. The van der Waals surface area contributed by atoms with E-state index in [-0.39, 0.29) is 5.91 Å². The van der Waals surface area contributed by atoms with Gasteiger partial charge < -0.3 is 4.90 Å². The van der Waals surface area contributed by atoms with Gasteiger partial charge in [-0.1, -0.05) is 12.1 Å². The van der Waals surface area contributed by atoms with Crippen LogP contribution in [0.1, 0.15) is 18.4 Å². The van der Waals surface area contributed by atoms with Crippen LogP contribution < -0.4 is 0 Å². The monoisotopic (exact) mass is 367 g/mol. The Hall–Kier alpha value is -2.18. The fraction of sp³-hybridized carbons (Fsp3) is 0.524. The number of piperidine rings is 1. The first-order valence-corrected chi connectivity index (χ1v) is 9.84. The molecular formula is C21H29N5O. The van der Waals surface area contributed by atoms with Gasteiger partial charge in [-0.15, -0.1) is 0 Å². The predicted molar refractivity (Wildman–Crippen MR) is 106 cm³/mol. The van der Waals surface area contributed by atoms with Crippen molar-refractivity contribution in [3.05, 3.63) is 48.3 Å². The van der Waals surface area contributed by atoms with E-state index in [0.29, 0.717) is 18.5 Å². The molecule has 6 nitrogen and oxygen atoms in total. The summed E-state index contributed by atoms with van der Waals surface area (Å²) in [4.78, 5) is 18.8. The molecule has 4 heterocycles. The summed E-state index contributed by atoms with van der Waals surface area (Å²) in [6, 6.07) is 11.1. The molecule has 1 aromatic heterocycles.